The van der Waals surface area contributed by atoms with Crippen LogP contribution in [0.5, 0.6) is 0 Å². The molecule has 0 fully saturated rings. The van der Waals surface area contributed by atoms with Gasteiger partial charge in [0.2, 0.25) is 5.95 Å². The van der Waals surface area contributed by atoms with Gasteiger partial charge in [0.05, 0.1) is 6.04 Å². The minimum atomic E-state index is -0.195. The summed E-state index contributed by atoms with van der Waals surface area (Å²) in [6.07, 6.45) is 2.76. The average molecular weight is 289 g/mol. The Labute approximate surface area is 122 Å². The topological polar surface area (TPSA) is 37.8 Å². The first-order valence-corrected chi connectivity index (χ1v) is 7.61. The Morgan fingerprint density at radius 2 is 2.20 bits per heavy atom. The fourth-order valence-corrected chi connectivity index (χ4v) is 3.37. The maximum atomic E-state index is 13.5. The fourth-order valence-electron chi connectivity index (χ4n) is 2.27. The van der Waals surface area contributed by atoms with Gasteiger partial charge in [-0.05, 0) is 49.6 Å². The zero-order valence-corrected chi connectivity index (χ0v) is 12.3. The molecular formula is C15H16FN3S. The van der Waals surface area contributed by atoms with Crippen LogP contribution in [0.25, 0.3) is 0 Å². The van der Waals surface area contributed by atoms with Crippen molar-refractivity contribution in [3.63, 3.8) is 0 Å². The molecule has 0 spiro atoms. The van der Waals surface area contributed by atoms with E-state index in [1.54, 1.807) is 17.8 Å². The van der Waals surface area contributed by atoms with Crippen LogP contribution in [0.1, 0.15) is 29.3 Å². The molecule has 1 N–H and O–H groups in total. The SMILES string of the molecule is Cc1cnc(NC2CCSc3ccc(F)cc32)nc1C. The number of hydrogen-bond donors (Lipinski definition) is 1. The molecule has 1 aromatic carbocycles. The van der Waals surface area contributed by atoms with Crippen molar-refractivity contribution in [2.45, 2.75) is 31.2 Å². The van der Waals surface area contributed by atoms with E-state index >= 15 is 0 Å². The van der Waals surface area contributed by atoms with Crippen molar-refractivity contribution in [1.29, 1.82) is 0 Å². The van der Waals surface area contributed by atoms with Crippen LogP contribution in [0, 0.1) is 19.7 Å². The van der Waals surface area contributed by atoms with Gasteiger partial charge in [-0.25, -0.2) is 14.4 Å². The fraction of sp³-hybridized carbons (Fsp3) is 0.333. The molecule has 1 aliphatic rings. The summed E-state index contributed by atoms with van der Waals surface area (Å²) in [5.74, 6) is 1.43. The molecule has 0 amide bonds. The second-order valence-corrected chi connectivity index (χ2v) is 6.11. The molecule has 1 aromatic heterocycles. The van der Waals surface area contributed by atoms with Crippen molar-refractivity contribution >= 4 is 17.7 Å². The molecule has 3 nitrogen and oxygen atoms in total. The molecule has 0 saturated heterocycles. The van der Waals surface area contributed by atoms with Gasteiger partial charge in [0.1, 0.15) is 5.82 Å². The van der Waals surface area contributed by atoms with Gasteiger partial charge in [-0.3, -0.25) is 0 Å². The number of halogens is 1. The van der Waals surface area contributed by atoms with Crippen LogP contribution in [0.15, 0.2) is 29.3 Å². The molecule has 1 aliphatic heterocycles. The highest BCUT2D eigenvalue weighted by Gasteiger charge is 2.22. The quantitative estimate of drug-likeness (QED) is 0.910. The molecule has 0 aliphatic carbocycles. The Kier molecular flexibility index (Phi) is 3.61. The maximum absolute atomic E-state index is 13.5. The van der Waals surface area contributed by atoms with Gasteiger partial charge in [-0.1, -0.05) is 0 Å². The smallest absolute Gasteiger partial charge is 0.223 e. The lowest BCUT2D eigenvalue weighted by Crippen LogP contribution is -2.18. The highest BCUT2D eigenvalue weighted by atomic mass is 32.2. The van der Waals surface area contributed by atoms with Crippen LogP contribution in [0.3, 0.4) is 0 Å². The lowest BCUT2D eigenvalue weighted by atomic mass is 10.0. The summed E-state index contributed by atoms with van der Waals surface area (Å²) in [6.45, 7) is 3.95. The van der Waals surface area contributed by atoms with Gasteiger partial charge in [0.15, 0.2) is 0 Å². The van der Waals surface area contributed by atoms with Gasteiger partial charge >= 0.3 is 0 Å². The zero-order chi connectivity index (χ0) is 14.1. The van der Waals surface area contributed by atoms with Gasteiger partial charge in [0, 0.05) is 22.5 Å². The lowest BCUT2D eigenvalue weighted by molar-refractivity contribution is 0.615. The number of benzene rings is 1. The highest BCUT2D eigenvalue weighted by molar-refractivity contribution is 7.99. The van der Waals surface area contributed by atoms with E-state index in [1.807, 2.05) is 26.1 Å². The molecule has 104 valence electrons. The molecule has 20 heavy (non-hydrogen) atoms. The van der Waals surface area contributed by atoms with E-state index in [0.717, 1.165) is 33.9 Å². The number of anilines is 1. The standard InChI is InChI=1S/C15H16FN3S/c1-9-8-17-15(18-10(9)2)19-13-5-6-20-14-4-3-11(16)7-12(13)14/h3-4,7-8,13H,5-6H2,1-2H3,(H,17,18,19). The second-order valence-electron chi connectivity index (χ2n) is 4.98. The Bertz CT molecular complexity index is 645. The van der Waals surface area contributed by atoms with Gasteiger partial charge in [-0.2, -0.15) is 0 Å². The van der Waals surface area contributed by atoms with Crippen LogP contribution in [-0.2, 0) is 0 Å². The molecule has 0 bridgehead atoms. The Hall–Kier alpha value is -1.62. The minimum absolute atomic E-state index is 0.0732. The van der Waals surface area contributed by atoms with Crippen molar-refractivity contribution in [2.75, 3.05) is 11.1 Å². The molecular weight excluding hydrogens is 273 g/mol. The Morgan fingerprint density at radius 1 is 1.35 bits per heavy atom. The molecule has 2 aromatic rings. The van der Waals surface area contributed by atoms with Crippen LogP contribution in [0.4, 0.5) is 10.3 Å². The summed E-state index contributed by atoms with van der Waals surface area (Å²) in [7, 11) is 0. The van der Waals surface area contributed by atoms with Crippen molar-refractivity contribution < 1.29 is 4.39 Å². The third kappa shape index (κ3) is 2.63. The third-order valence-electron chi connectivity index (χ3n) is 3.54. The third-order valence-corrected chi connectivity index (χ3v) is 4.66. The number of nitrogens with one attached hydrogen (secondary N) is 1. The predicted octanol–water partition coefficient (Wildman–Crippen LogP) is 3.88. The van der Waals surface area contributed by atoms with Crippen LogP contribution < -0.4 is 5.32 Å². The molecule has 1 atom stereocenters. The summed E-state index contributed by atoms with van der Waals surface area (Å²) >= 11 is 1.77. The predicted molar refractivity (Wildman–Crippen MR) is 79.6 cm³/mol. The highest BCUT2D eigenvalue weighted by Crippen LogP contribution is 2.37. The van der Waals surface area contributed by atoms with E-state index in [0.29, 0.717) is 5.95 Å². The summed E-state index contributed by atoms with van der Waals surface area (Å²) in [4.78, 5) is 9.88. The van der Waals surface area contributed by atoms with Crippen molar-refractivity contribution in [2.24, 2.45) is 0 Å². The second kappa shape index (κ2) is 5.40. The van der Waals surface area contributed by atoms with Crippen molar-refractivity contribution in [1.82, 2.24) is 9.97 Å². The van der Waals surface area contributed by atoms with Crippen molar-refractivity contribution in [3.8, 4) is 0 Å². The Balaban J connectivity index is 1.89. The molecule has 5 heteroatoms. The van der Waals surface area contributed by atoms with E-state index in [4.69, 9.17) is 0 Å². The number of nitrogens with zero attached hydrogens (tertiary/aromatic N) is 2. The van der Waals surface area contributed by atoms with Gasteiger partial charge in [0.25, 0.3) is 0 Å². The van der Waals surface area contributed by atoms with E-state index in [2.05, 4.69) is 15.3 Å². The van der Waals surface area contributed by atoms with E-state index in [9.17, 15) is 4.39 Å². The first kappa shape index (κ1) is 13.4. The number of fused-ring (bicyclic) bond motifs is 1. The Morgan fingerprint density at radius 3 is 3.00 bits per heavy atom. The van der Waals surface area contributed by atoms with Crippen LogP contribution >= 0.6 is 11.8 Å². The van der Waals surface area contributed by atoms with Gasteiger partial charge < -0.3 is 5.32 Å². The molecule has 2 heterocycles. The van der Waals surface area contributed by atoms with E-state index in [-0.39, 0.29) is 11.9 Å². The first-order valence-electron chi connectivity index (χ1n) is 6.62. The summed E-state index contributed by atoms with van der Waals surface area (Å²) in [6, 6.07) is 5.05. The monoisotopic (exact) mass is 289 g/mol. The number of thioether (sulfide) groups is 1. The molecule has 0 radical (unpaired) electrons. The lowest BCUT2D eigenvalue weighted by Gasteiger charge is -2.26. The van der Waals surface area contributed by atoms with E-state index < -0.39 is 0 Å². The van der Waals surface area contributed by atoms with E-state index in [1.165, 1.54) is 6.07 Å². The number of aryl methyl sites for hydroxylation is 2. The minimum Gasteiger partial charge on any atom is -0.347 e. The largest absolute Gasteiger partial charge is 0.347 e. The summed E-state index contributed by atoms with van der Waals surface area (Å²) in [5.41, 5.74) is 3.04. The maximum Gasteiger partial charge on any atom is 0.223 e. The normalized spacial score (nSPS) is 17.6. The molecule has 1 unspecified atom stereocenters. The number of hydrogen-bond acceptors (Lipinski definition) is 4. The summed E-state index contributed by atoms with van der Waals surface area (Å²) < 4.78 is 13.5. The van der Waals surface area contributed by atoms with Crippen molar-refractivity contribution in [3.05, 3.63) is 47.0 Å². The van der Waals surface area contributed by atoms with Crippen LogP contribution in [-0.4, -0.2) is 15.7 Å². The average Bonchev–Trinajstić information content (AvgIpc) is 2.44. The molecule has 0 saturated carbocycles. The first-order chi connectivity index (χ1) is 9.63. The number of rotatable bonds is 2. The number of aromatic nitrogens is 2. The van der Waals surface area contributed by atoms with Crippen LogP contribution in [0.2, 0.25) is 0 Å². The van der Waals surface area contributed by atoms with Gasteiger partial charge in [-0.15, -0.1) is 11.8 Å². The summed E-state index contributed by atoms with van der Waals surface area (Å²) in [5, 5.41) is 3.33. The molecule has 3 rings (SSSR count). The zero-order valence-electron chi connectivity index (χ0n) is 11.5.